The van der Waals surface area contributed by atoms with Crippen molar-refractivity contribution in [1.29, 1.82) is 0 Å². The Morgan fingerprint density at radius 3 is 0.691 bits per heavy atom. The molecule has 12 rings (SSSR count). The van der Waals surface area contributed by atoms with Crippen molar-refractivity contribution in [3.05, 3.63) is 216 Å². The van der Waals surface area contributed by atoms with Crippen LogP contribution in [-0.2, 0) is 38.1 Å². The first kappa shape index (κ1) is 64.4. The quantitative estimate of drug-likeness (QED) is 0.0119. The molecule has 12 aromatic rings. The van der Waals surface area contributed by atoms with Gasteiger partial charge in [0.25, 0.3) is 0 Å². The number of fused-ring (bicyclic) bond motifs is 15. The van der Waals surface area contributed by atoms with Crippen molar-refractivity contribution in [2.45, 2.75) is 130 Å². The number of esters is 4. The van der Waals surface area contributed by atoms with Crippen LogP contribution in [0.2, 0.25) is 0 Å². The maximum atomic E-state index is 15.5. The highest BCUT2D eigenvalue weighted by molar-refractivity contribution is 6.42. The second-order valence-corrected chi connectivity index (χ2v) is 25.0. The Bertz CT molecular complexity index is 4580. The van der Waals surface area contributed by atoms with Crippen LogP contribution < -0.4 is 0 Å². The third-order valence-corrected chi connectivity index (χ3v) is 18.8. The fraction of sp³-hybridized carbons (Fsp3) is 0.279. The normalized spacial score (nSPS) is 12.3. The number of unbranched alkanes of at least 4 members (excludes halogenated alkanes) is 12. The molecule has 0 saturated heterocycles. The highest BCUT2D eigenvalue weighted by Gasteiger charge is 2.32. The van der Waals surface area contributed by atoms with Gasteiger partial charge in [-0.2, -0.15) is 0 Å². The maximum absolute atomic E-state index is 15.5. The van der Waals surface area contributed by atoms with Gasteiger partial charge in [0.2, 0.25) is 0 Å². The van der Waals surface area contributed by atoms with Crippen LogP contribution >= 0.6 is 0 Å². The van der Waals surface area contributed by atoms with Crippen LogP contribution in [0.25, 0.3) is 119 Å². The highest BCUT2D eigenvalue weighted by atomic mass is 16.5. The lowest BCUT2D eigenvalue weighted by Crippen LogP contribution is -2.17. The zero-order chi connectivity index (χ0) is 64.9. The van der Waals surface area contributed by atoms with Crippen LogP contribution in [0, 0.1) is 0 Å². The molecule has 0 atom stereocenters. The second kappa shape index (κ2) is 30.4. The van der Waals surface area contributed by atoms with Crippen molar-refractivity contribution in [2.75, 3.05) is 26.4 Å². The van der Waals surface area contributed by atoms with Gasteiger partial charge in [0, 0.05) is 0 Å². The molecule has 0 spiro atoms. The minimum absolute atomic E-state index is 0.135. The molecule has 0 saturated carbocycles. The van der Waals surface area contributed by atoms with Crippen molar-refractivity contribution in [1.82, 2.24) is 0 Å². The Morgan fingerprint density at radius 1 is 0.213 bits per heavy atom. The fourth-order valence-corrected chi connectivity index (χ4v) is 14.0. The first-order chi connectivity index (χ1) is 46.2. The SMILES string of the molecule is CCCCCCOC(=O)/C(=C(\C(=O)OCCCCCC)c1cccc2c1ccc1c3cccc(/C(C(=O)OCCCCCC)=C(/C(=O)OCCCCCC)c4cccc5c4ccc4c6ccccc6ccc54)c3ccc21)c1cccc2c1ccc1c3ccccc3ccc21. The lowest BCUT2D eigenvalue weighted by atomic mass is 9.85. The lowest BCUT2D eigenvalue weighted by Gasteiger charge is -2.20. The summed E-state index contributed by atoms with van der Waals surface area (Å²) < 4.78 is 25.2. The van der Waals surface area contributed by atoms with E-state index < -0.39 is 23.9 Å². The van der Waals surface area contributed by atoms with Crippen LogP contribution in [0.3, 0.4) is 0 Å². The van der Waals surface area contributed by atoms with E-state index in [2.05, 4.69) is 137 Å². The molecule has 8 heteroatoms. The monoisotopic (exact) mass is 1240 g/mol. The fourth-order valence-electron chi connectivity index (χ4n) is 14.0. The zero-order valence-electron chi connectivity index (χ0n) is 54.9. The summed E-state index contributed by atoms with van der Waals surface area (Å²) in [5, 5.41) is 17.2. The van der Waals surface area contributed by atoms with Crippen LogP contribution in [0.5, 0.6) is 0 Å². The third-order valence-electron chi connectivity index (χ3n) is 18.8. The summed E-state index contributed by atoms with van der Waals surface area (Å²) in [7, 11) is 0. The van der Waals surface area contributed by atoms with E-state index in [1.807, 2.05) is 84.9 Å². The molecule has 0 aliphatic carbocycles. The van der Waals surface area contributed by atoms with Crippen LogP contribution in [0.4, 0.5) is 0 Å². The molecular formula is C86H84O8. The lowest BCUT2D eigenvalue weighted by molar-refractivity contribution is -0.139. The van der Waals surface area contributed by atoms with E-state index in [-0.39, 0.29) is 48.7 Å². The summed E-state index contributed by atoms with van der Waals surface area (Å²) in [6.07, 6.45) is 14.5. The Labute approximate surface area is 551 Å². The zero-order valence-corrected chi connectivity index (χ0v) is 54.9. The molecule has 0 aromatic heterocycles. The van der Waals surface area contributed by atoms with Gasteiger partial charge in [0.1, 0.15) is 0 Å². The standard InChI is InChI=1S/C86H84O8/c1-5-9-13-21-53-91-83(87)79(75-37-25-33-61-67-43-41-57-29-17-19-31-59(57)65(67)45-49-71(61)75)81(85(89)93-55-23-15-11-7-3)77-39-27-35-63-69-48-52-74-64(70(69)47-51-73(63)77)36-28-40-78(74)82(86(90)94-56-24-16-12-8-4)80(84(88)92-54-22-14-10-6-2)76-38-26-34-62-68-44-42-58-30-18-20-32-60(58)66(68)46-50-72(62)76/h17-20,25-52H,5-16,21-24,53-56H2,1-4H3/b81-79-,82-80-. The Kier molecular flexibility index (Phi) is 20.8. The largest absolute Gasteiger partial charge is 0.462 e. The van der Waals surface area contributed by atoms with Crippen molar-refractivity contribution in [3.63, 3.8) is 0 Å². The van der Waals surface area contributed by atoms with E-state index in [1.165, 1.54) is 0 Å². The van der Waals surface area contributed by atoms with Gasteiger partial charge in [0.15, 0.2) is 0 Å². The molecule has 8 nitrogen and oxygen atoms in total. The average molecular weight is 1250 g/mol. The van der Waals surface area contributed by atoms with E-state index in [0.717, 1.165) is 174 Å². The van der Waals surface area contributed by atoms with E-state index in [1.54, 1.807) is 0 Å². The number of benzene rings is 12. The summed E-state index contributed by atoms with van der Waals surface area (Å²) in [5.74, 6) is -2.39. The second-order valence-electron chi connectivity index (χ2n) is 25.0. The number of carbonyl (C=O) groups is 4. The van der Waals surface area contributed by atoms with Crippen molar-refractivity contribution >= 4 is 143 Å². The molecule has 0 N–H and O–H groups in total. The van der Waals surface area contributed by atoms with E-state index in [9.17, 15) is 0 Å². The Hall–Kier alpha value is -9.66. The molecule has 0 aliphatic heterocycles. The van der Waals surface area contributed by atoms with Gasteiger partial charge in [-0.25, -0.2) is 19.2 Å². The molecule has 94 heavy (non-hydrogen) atoms. The van der Waals surface area contributed by atoms with Gasteiger partial charge in [-0.05, 0) is 145 Å². The van der Waals surface area contributed by atoms with Gasteiger partial charge >= 0.3 is 23.9 Å². The van der Waals surface area contributed by atoms with Crippen molar-refractivity contribution in [2.24, 2.45) is 0 Å². The minimum atomic E-state index is -0.603. The van der Waals surface area contributed by atoms with Crippen LogP contribution in [0.1, 0.15) is 153 Å². The number of ether oxygens (including phenoxy) is 4. The first-order valence-corrected chi connectivity index (χ1v) is 34.5. The number of hydrogen-bond donors (Lipinski definition) is 0. The molecule has 0 aliphatic rings. The number of hydrogen-bond acceptors (Lipinski definition) is 8. The van der Waals surface area contributed by atoms with Gasteiger partial charge in [-0.15, -0.1) is 0 Å². The van der Waals surface area contributed by atoms with Gasteiger partial charge in [-0.1, -0.05) is 299 Å². The van der Waals surface area contributed by atoms with E-state index in [0.29, 0.717) is 47.9 Å². The topological polar surface area (TPSA) is 105 Å². The smallest absolute Gasteiger partial charge is 0.339 e. The predicted octanol–water partition coefficient (Wildman–Crippen LogP) is 22.4. The first-order valence-electron chi connectivity index (χ1n) is 34.5. The van der Waals surface area contributed by atoms with Gasteiger partial charge < -0.3 is 18.9 Å². The van der Waals surface area contributed by atoms with Crippen molar-refractivity contribution in [3.8, 4) is 0 Å². The highest BCUT2D eigenvalue weighted by Crippen LogP contribution is 2.44. The molecule has 0 fully saturated rings. The summed E-state index contributed by atoms with van der Waals surface area (Å²) in [4.78, 5) is 61.8. The minimum Gasteiger partial charge on any atom is -0.462 e. The molecule has 12 aromatic carbocycles. The third kappa shape index (κ3) is 13.3. The predicted molar refractivity (Wildman–Crippen MR) is 391 cm³/mol. The molecule has 476 valence electrons. The summed E-state index contributed by atoms with van der Waals surface area (Å²) in [5.41, 5.74) is 2.79. The summed E-state index contributed by atoms with van der Waals surface area (Å²) in [6.45, 7) is 9.37. The summed E-state index contributed by atoms with van der Waals surface area (Å²) in [6, 6.07) is 65.5. The van der Waals surface area contributed by atoms with E-state index in [4.69, 9.17) is 18.9 Å². The molecule has 0 unspecified atom stereocenters. The van der Waals surface area contributed by atoms with Crippen LogP contribution in [-0.4, -0.2) is 50.3 Å². The van der Waals surface area contributed by atoms with Gasteiger partial charge in [0.05, 0.1) is 48.7 Å². The maximum Gasteiger partial charge on any atom is 0.339 e. The molecule has 0 amide bonds. The molecule has 0 radical (unpaired) electrons. The number of carbonyl (C=O) groups excluding carboxylic acids is 4. The average Bonchev–Trinajstić information content (AvgIpc) is 0.747. The van der Waals surface area contributed by atoms with Gasteiger partial charge in [-0.3, -0.25) is 0 Å². The van der Waals surface area contributed by atoms with Crippen LogP contribution in [0.15, 0.2) is 194 Å². The van der Waals surface area contributed by atoms with E-state index >= 15 is 19.2 Å². The molecule has 0 heterocycles. The summed E-state index contributed by atoms with van der Waals surface area (Å²) >= 11 is 0. The number of rotatable bonds is 28. The Balaban J connectivity index is 1.07. The van der Waals surface area contributed by atoms with Crippen molar-refractivity contribution < 1.29 is 38.1 Å². The molecular weight excluding hydrogens is 1160 g/mol. The Morgan fingerprint density at radius 2 is 0.426 bits per heavy atom. The molecule has 0 bridgehead atoms.